The molecule has 1 heteroatoms. The van der Waals surface area contributed by atoms with Crippen molar-refractivity contribution in [3.05, 3.63) is 35.9 Å². The van der Waals surface area contributed by atoms with Crippen LogP contribution in [0.1, 0.15) is 37.7 Å². The lowest BCUT2D eigenvalue weighted by Crippen LogP contribution is -2.26. The number of hydrogen-bond acceptors (Lipinski definition) is 1. The van der Waals surface area contributed by atoms with Crippen LogP contribution in [0.15, 0.2) is 30.3 Å². The molecule has 1 aromatic rings. The Morgan fingerprint density at radius 3 is 2.29 bits per heavy atom. The van der Waals surface area contributed by atoms with E-state index in [2.05, 4.69) is 30.3 Å². The summed E-state index contributed by atoms with van der Waals surface area (Å²) in [7, 11) is 0. The molecule has 1 nitrogen and oxygen atoms in total. The first-order chi connectivity index (χ1) is 6.77. The normalized spacial score (nSPS) is 33.5. The minimum Gasteiger partial charge on any atom is -0.321 e. The molecule has 1 unspecified atom stereocenters. The summed E-state index contributed by atoms with van der Waals surface area (Å²) in [4.78, 5) is 0. The van der Waals surface area contributed by atoms with Crippen LogP contribution < -0.4 is 5.73 Å². The van der Waals surface area contributed by atoms with Crippen LogP contribution >= 0.6 is 0 Å². The summed E-state index contributed by atoms with van der Waals surface area (Å²) in [5.74, 6) is 0. The summed E-state index contributed by atoms with van der Waals surface area (Å²) >= 11 is 0. The molecule has 2 aliphatic rings. The molecule has 0 aromatic heterocycles. The molecule has 2 saturated carbocycles. The summed E-state index contributed by atoms with van der Waals surface area (Å²) in [6, 6.07) is 10.6. The van der Waals surface area contributed by atoms with Gasteiger partial charge in [-0.05, 0) is 30.2 Å². The summed E-state index contributed by atoms with van der Waals surface area (Å²) < 4.78 is 0. The predicted octanol–water partition coefficient (Wildman–Crippen LogP) is 2.80. The van der Waals surface area contributed by atoms with Gasteiger partial charge in [0.15, 0.2) is 0 Å². The largest absolute Gasteiger partial charge is 0.321 e. The van der Waals surface area contributed by atoms with Crippen molar-refractivity contribution in [1.82, 2.24) is 0 Å². The Morgan fingerprint density at radius 1 is 1.00 bits per heavy atom. The minimum absolute atomic E-state index is 0.0186. The van der Waals surface area contributed by atoms with Gasteiger partial charge in [0.25, 0.3) is 0 Å². The highest BCUT2D eigenvalue weighted by Crippen LogP contribution is 2.68. The van der Waals surface area contributed by atoms with Gasteiger partial charge >= 0.3 is 0 Å². The van der Waals surface area contributed by atoms with Gasteiger partial charge in [0, 0.05) is 5.54 Å². The number of rotatable bonds is 1. The first-order valence-electron chi connectivity index (χ1n) is 5.61. The van der Waals surface area contributed by atoms with Crippen molar-refractivity contribution < 1.29 is 0 Å². The molecule has 2 fully saturated rings. The Kier molecular flexibility index (Phi) is 1.58. The maximum absolute atomic E-state index is 6.51. The van der Waals surface area contributed by atoms with Crippen molar-refractivity contribution >= 4 is 0 Å². The van der Waals surface area contributed by atoms with Gasteiger partial charge in [-0.1, -0.05) is 43.2 Å². The van der Waals surface area contributed by atoms with Crippen molar-refractivity contribution in [3.63, 3.8) is 0 Å². The Labute approximate surface area is 85.3 Å². The average Bonchev–Trinajstić information content (AvgIpc) is 2.62. The van der Waals surface area contributed by atoms with Crippen LogP contribution in [0.3, 0.4) is 0 Å². The molecular weight excluding hydrogens is 170 g/mol. The molecule has 1 aromatic carbocycles. The molecule has 3 rings (SSSR count). The Hall–Kier alpha value is -0.820. The summed E-state index contributed by atoms with van der Waals surface area (Å²) in [5.41, 5.74) is 8.36. The van der Waals surface area contributed by atoms with Gasteiger partial charge in [-0.3, -0.25) is 0 Å². The highest BCUT2D eigenvalue weighted by Gasteiger charge is 2.65. The molecule has 14 heavy (non-hydrogen) atoms. The van der Waals surface area contributed by atoms with E-state index in [0.717, 1.165) is 0 Å². The second-order valence-corrected chi connectivity index (χ2v) is 5.00. The summed E-state index contributed by atoms with van der Waals surface area (Å²) in [5, 5.41) is 0. The Balaban J connectivity index is 1.94. The van der Waals surface area contributed by atoms with E-state index in [1.807, 2.05) is 0 Å². The number of benzene rings is 1. The van der Waals surface area contributed by atoms with Crippen LogP contribution in [0.25, 0.3) is 0 Å². The molecule has 0 radical (unpaired) electrons. The molecule has 74 valence electrons. The minimum atomic E-state index is 0.0186. The van der Waals surface area contributed by atoms with Gasteiger partial charge in [0.05, 0.1) is 0 Å². The highest BCUT2D eigenvalue weighted by atomic mass is 14.9. The van der Waals surface area contributed by atoms with Gasteiger partial charge in [0.1, 0.15) is 0 Å². The zero-order valence-corrected chi connectivity index (χ0v) is 8.50. The van der Waals surface area contributed by atoms with E-state index >= 15 is 0 Å². The van der Waals surface area contributed by atoms with Gasteiger partial charge in [0.2, 0.25) is 0 Å². The molecule has 1 atom stereocenters. The van der Waals surface area contributed by atoms with E-state index in [-0.39, 0.29) is 5.54 Å². The average molecular weight is 187 g/mol. The van der Waals surface area contributed by atoms with Crippen molar-refractivity contribution in [2.45, 2.75) is 37.6 Å². The monoisotopic (exact) mass is 187 g/mol. The maximum Gasteiger partial charge on any atom is 0.0473 e. The zero-order valence-electron chi connectivity index (χ0n) is 8.50. The third-order valence-corrected chi connectivity index (χ3v) is 4.29. The SMILES string of the molecule is NC1(c2ccccc2)CC12CCCC2. The van der Waals surface area contributed by atoms with Gasteiger partial charge in [-0.15, -0.1) is 0 Å². The van der Waals surface area contributed by atoms with Crippen molar-refractivity contribution in [2.75, 3.05) is 0 Å². The smallest absolute Gasteiger partial charge is 0.0473 e. The molecule has 2 aliphatic carbocycles. The number of hydrogen-bond donors (Lipinski definition) is 1. The van der Waals surface area contributed by atoms with Crippen molar-refractivity contribution in [3.8, 4) is 0 Å². The highest BCUT2D eigenvalue weighted by molar-refractivity contribution is 5.36. The van der Waals surface area contributed by atoms with E-state index < -0.39 is 0 Å². The summed E-state index contributed by atoms with van der Waals surface area (Å²) in [6.45, 7) is 0. The van der Waals surface area contributed by atoms with Crippen LogP contribution in [0.5, 0.6) is 0 Å². The van der Waals surface area contributed by atoms with E-state index in [1.165, 1.54) is 37.7 Å². The maximum atomic E-state index is 6.51. The third-order valence-electron chi connectivity index (χ3n) is 4.29. The van der Waals surface area contributed by atoms with E-state index in [1.54, 1.807) is 0 Å². The third kappa shape index (κ3) is 0.936. The van der Waals surface area contributed by atoms with Crippen LogP contribution in [0.2, 0.25) is 0 Å². The zero-order chi connectivity index (χ0) is 9.65. The fraction of sp³-hybridized carbons (Fsp3) is 0.538. The standard InChI is InChI=1S/C13H17N/c14-13(11-6-2-1-3-7-11)10-12(13)8-4-5-9-12/h1-3,6-7H,4-5,8-10,14H2. The lowest BCUT2D eigenvalue weighted by molar-refractivity contribution is 0.435. The molecule has 2 N–H and O–H groups in total. The van der Waals surface area contributed by atoms with Crippen LogP contribution in [0, 0.1) is 5.41 Å². The fourth-order valence-electron chi connectivity index (χ4n) is 3.31. The quantitative estimate of drug-likeness (QED) is 0.718. The fourth-order valence-corrected chi connectivity index (χ4v) is 3.31. The van der Waals surface area contributed by atoms with Gasteiger partial charge in [-0.25, -0.2) is 0 Å². The second kappa shape index (κ2) is 2.60. The van der Waals surface area contributed by atoms with Crippen LogP contribution in [0.4, 0.5) is 0 Å². The first kappa shape index (κ1) is 8.49. The molecular formula is C13H17N. The lowest BCUT2D eigenvalue weighted by atomic mass is 9.93. The second-order valence-electron chi connectivity index (χ2n) is 5.00. The molecule has 0 bridgehead atoms. The van der Waals surface area contributed by atoms with Crippen LogP contribution in [-0.2, 0) is 5.54 Å². The topological polar surface area (TPSA) is 26.0 Å². The molecule has 1 spiro atoms. The van der Waals surface area contributed by atoms with Gasteiger partial charge < -0.3 is 5.73 Å². The van der Waals surface area contributed by atoms with E-state index in [9.17, 15) is 0 Å². The van der Waals surface area contributed by atoms with E-state index in [0.29, 0.717) is 5.41 Å². The first-order valence-corrected chi connectivity index (χ1v) is 5.61. The molecule has 0 saturated heterocycles. The summed E-state index contributed by atoms with van der Waals surface area (Å²) in [6.07, 6.45) is 6.67. The van der Waals surface area contributed by atoms with Crippen molar-refractivity contribution in [1.29, 1.82) is 0 Å². The molecule has 0 heterocycles. The van der Waals surface area contributed by atoms with Crippen LogP contribution in [-0.4, -0.2) is 0 Å². The van der Waals surface area contributed by atoms with Gasteiger partial charge in [-0.2, -0.15) is 0 Å². The Morgan fingerprint density at radius 2 is 1.64 bits per heavy atom. The lowest BCUT2D eigenvalue weighted by Gasteiger charge is -2.17. The van der Waals surface area contributed by atoms with E-state index in [4.69, 9.17) is 5.73 Å². The number of nitrogens with two attached hydrogens (primary N) is 1. The van der Waals surface area contributed by atoms with Crippen molar-refractivity contribution in [2.24, 2.45) is 11.1 Å². The Bertz CT molecular complexity index is 338. The molecule has 0 aliphatic heterocycles. The predicted molar refractivity (Wildman–Crippen MR) is 57.8 cm³/mol. The molecule has 0 amide bonds.